The van der Waals surface area contributed by atoms with Gasteiger partial charge in [0.25, 0.3) is 0 Å². The number of fused-ring (bicyclic) bond motifs is 1. The largest absolute Gasteiger partial charge is 0.493 e. The first kappa shape index (κ1) is 13.0. The van der Waals surface area contributed by atoms with E-state index in [0.29, 0.717) is 40.4 Å². The number of rotatable bonds is 4. The summed E-state index contributed by atoms with van der Waals surface area (Å²) in [5.74, 6) is 0.737. The molecule has 0 saturated heterocycles. The highest BCUT2D eigenvalue weighted by atomic mass is 16.5. The topological polar surface area (TPSA) is 59.7 Å². The second-order valence-corrected chi connectivity index (χ2v) is 6.20. The minimum absolute atomic E-state index is 0.220. The Labute approximate surface area is 117 Å². The average Bonchev–Trinajstić information content (AvgIpc) is 2.82. The van der Waals surface area contributed by atoms with E-state index in [-0.39, 0.29) is 5.56 Å². The molecule has 1 aliphatic rings. The molecule has 0 aliphatic heterocycles. The summed E-state index contributed by atoms with van der Waals surface area (Å²) in [6, 6.07) is 5.35. The summed E-state index contributed by atoms with van der Waals surface area (Å²) in [5, 5.41) is 9.84. The lowest BCUT2D eigenvalue weighted by atomic mass is 10.1. The molecule has 1 aliphatic carbocycles. The van der Waals surface area contributed by atoms with Gasteiger partial charge < -0.3 is 14.3 Å². The van der Waals surface area contributed by atoms with Crippen molar-refractivity contribution in [3.63, 3.8) is 0 Å². The summed E-state index contributed by atoms with van der Waals surface area (Å²) in [6.07, 6.45) is 1.18. The number of hydrogen-bond acceptors (Lipinski definition) is 3. The van der Waals surface area contributed by atoms with Gasteiger partial charge in [-0.05, 0) is 42.9 Å². The van der Waals surface area contributed by atoms with Gasteiger partial charge in [0.15, 0.2) is 0 Å². The van der Waals surface area contributed by atoms with Crippen molar-refractivity contribution in [2.45, 2.75) is 27.2 Å². The van der Waals surface area contributed by atoms with Crippen molar-refractivity contribution in [3.8, 4) is 5.75 Å². The maximum absolute atomic E-state index is 11.3. The summed E-state index contributed by atoms with van der Waals surface area (Å²) < 4.78 is 11.2. The molecule has 0 radical (unpaired) electrons. The smallest absolute Gasteiger partial charge is 0.339 e. The Bertz CT molecular complexity index is 681. The van der Waals surface area contributed by atoms with Crippen LogP contribution in [0.4, 0.5) is 0 Å². The summed E-state index contributed by atoms with van der Waals surface area (Å²) in [7, 11) is 0. The third-order valence-electron chi connectivity index (χ3n) is 4.22. The van der Waals surface area contributed by atoms with E-state index < -0.39 is 5.97 Å². The molecule has 0 bridgehead atoms. The SMILES string of the molecule is Cc1oc2ccc(OCC3CC3(C)C)cc2c1C(=O)O. The fourth-order valence-electron chi connectivity index (χ4n) is 2.61. The lowest BCUT2D eigenvalue weighted by Gasteiger charge is -2.07. The van der Waals surface area contributed by atoms with E-state index in [1.165, 1.54) is 6.42 Å². The van der Waals surface area contributed by atoms with Crippen LogP contribution in [0, 0.1) is 18.3 Å². The molecule has 1 heterocycles. The zero-order valence-electron chi connectivity index (χ0n) is 11.9. The summed E-state index contributed by atoms with van der Waals surface area (Å²) >= 11 is 0. The van der Waals surface area contributed by atoms with Crippen LogP contribution in [0.2, 0.25) is 0 Å². The number of hydrogen-bond donors (Lipinski definition) is 1. The number of carboxylic acid groups (broad SMARTS) is 1. The molecule has 1 unspecified atom stereocenters. The molecule has 1 aromatic carbocycles. The number of carboxylic acids is 1. The molecule has 1 aromatic heterocycles. The first-order valence-corrected chi connectivity index (χ1v) is 6.78. The molecular weight excluding hydrogens is 256 g/mol. The number of furan rings is 1. The molecule has 4 heteroatoms. The first-order chi connectivity index (χ1) is 9.38. The summed E-state index contributed by atoms with van der Waals surface area (Å²) in [4.78, 5) is 11.3. The quantitative estimate of drug-likeness (QED) is 0.919. The number of aryl methyl sites for hydroxylation is 1. The van der Waals surface area contributed by atoms with Crippen LogP contribution in [-0.4, -0.2) is 17.7 Å². The standard InChI is InChI=1S/C16H18O4/c1-9-14(15(17)18)12-6-11(4-5-13(12)20-9)19-8-10-7-16(10,2)3/h4-6,10H,7-8H2,1-3H3,(H,17,18). The zero-order chi connectivity index (χ0) is 14.5. The Hall–Kier alpha value is -1.97. The van der Waals surface area contributed by atoms with Gasteiger partial charge in [0.05, 0.1) is 6.61 Å². The molecule has 2 aromatic rings. The van der Waals surface area contributed by atoms with E-state index in [2.05, 4.69) is 13.8 Å². The molecule has 1 fully saturated rings. The lowest BCUT2D eigenvalue weighted by Crippen LogP contribution is -2.04. The van der Waals surface area contributed by atoms with Crippen LogP contribution in [0.3, 0.4) is 0 Å². The Balaban J connectivity index is 1.86. The maximum atomic E-state index is 11.3. The normalized spacial score (nSPS) is 20.1. The number of carbonyl (C=O) groups is 1. The van der Waals surface area contributed by atoms with Crippen LogP contribution in [0.1, 0.15) is 36.4 Å². The van der Waals surface area contributed by atoms with Gasteiger partial charge in [-0.15, -0.1) is 0 Å². The molecule has 1 atom stereocenters. The molecule has 0 amide bonds. The minimum atomic E-state index is -0.971. The molecule has 3 rings (SSSR count). The highest BCUT2D eigenvalue weighted by Crippen LogP contribution is 2.51. The van der Waals surface area contributed by atoms with Gasteiger partial charge in [0.1, 0.15) is 22.7 Å². The molecule has 1 saturated carbocycles. The van der Waals surface area contributed by atoms with Crippen molar-refractivity contribution in [2.75, 3.05) is 6.61 Å². The van der Waals surface area contributed by atoms with E-state index in [9.17, 15) is 9.90 Å². The van der Waals surface area contributed by atoms with Gasteiger partial charge in [-0.1, -0.05) is 13.8 Å². The van der Waals surface area contributed by atoms with E-state index >= 15 is 0 Å². The Morgan fingerprint density at radius 1 is 1.50 bits per heavy atom. The first-order valence-electron chi connectivity index (χ1n) is 6.78. The zero-order valence-corrected chi connectivity index (χ0v) is 11.9. The van der Waals surface area contributed by atoms with Crippen LogP contribution < -0.4 is 4.74 Å². The highest BCUT2D eigenvalue weighted by molar-refractivity contribution is 6.03. The summed E-state index contributed by atoms with van der Waals surface area (Å²) in [6.45, 7) is 6.80. The van der Waals surface area contributed by atoms with Crippen molar-refractivity contribution in [3.05, 3.63) is 29.5 Å². The van der Waals surface area contributed by atoms with Crippen LogP contribution >= 0.6 is 0 Å². The van der Waals surface area contributed by atoms with Crippen molar-refractivity contribution in [1.82, 2.24) is 0 Å². The molecular formula is C16H18O4. The fourth-order valence-corrected chi connectivity index (χ4v) is 2.61. The summed E-state index contributed by atoms with van der Waals surface area (Å²) in [5.41, 5.74) is 1.18. The monoisotopic (exact) mass is 274 g/mol. The van der Waals surface area contributed by atoms with Gasteiger partial charge >= 0.3 is 5.97 Å². The van der Waals surface area contributed by atoms with Gasteiger partial charge in [-0.2, -0.15) is 0 Å². The molecule has 0 spiro atoms. The van der Waals surface area contributed by atoms with Gasteiger partial charge in [0, 0.05) is 5.39 Å². The average molecular weight is 274 g/mol. The number of aromatic carboxylic acids is 1. The van der Waals surface area contributed by atoms with Crippen molar-refractivity contribution >= 4 is 16.9 Å². The second kappa shape index (κ2) is 4.27. The Morgan fingerprint density at radius 2 is 2.20 bits per heavy atom. The van der Waals surface area contributed by atoms with E-state index in [1.54, 1.807) is 19.1 Å². The van der Waals surface area contributed by atoms with Crippen LogP contribution in [0.5, 0.6) is 5.75 Å². The van der Waals surface area contributed by atoms with Crippen molar-refractivity contribution in [1.29, 1.82) is 0 Å². The Kier molecular flexibility index (Phi) is 2.78. The van der Waals surface area contributed by atoms with Crippen LogP contribution in [-0.2, 0) is 0 Å². The van der Waals surface area contributed by atoms with Crippen LogP contribution in [0.25, 0.3) is 11.0 Å². The van der Waals surface area contributed by atoms with Crippen molar-refractivity contribution < 1.29 is 19.1 Å². The van der Waals surface area contributed by atoms with Crippen LogP contribution in [0.15, 0.2) is 22.6 Å². The second-order valence-electron chi connectivity index (χ2n) is 6.20. The highest BCUT2D eigenvalue weighted by Gasteiger charge is 2.45. The van der Waals surface area contributed by atoms with E-state index in [0.717, 1.165) is 0 Å². The third kappa shape index (κ3) is 2.15. The minimum Gasteiger partial charge on any atom is -0.493 e. The lowest BCUT2D eigenvalue weighted by molar-refractivity contribution is 0.0697. The van der Waals surface area contributed by atoms with Crippen molar-refractivity contribution in [2.24, 2.45) is 11.3 Å². The number of ether oxygens (including phenoxy) is 1. The molecule has 106 valence electrons. The maximum Gasteiger partial charge on any atom is 0.339 e. The van der Waals surface area contributed by atoms with Gasteiger partial charge in [0.2, 0.25) is 0 Å². The molecule has 1 N–H and O–H groups in total. The van der Waals surface area contributed by atoms with E-state index in [1.807, 2.05) is 6.07 Å². The molecule has 4 nitrogen and oxygen atoms in total. The fraction of sp³-hybridized carbons (Fsp3) is 0.438. The predicted molar refractivity (Wildman–Crippen MR) is 75.3 cm³/mol. The van der Waals surface area contributed by atoms with Gasteiger partial charge in [-0.3, -0.25) is 0 Å². The third-order valence-corrected chi connectivity index (χ3v) is 4.22. The Morgan fingerprint density at radius 3 is 2.80 bits per heavy atom. The predicted octanol–water partition coefficient (Wildman–Crippen LogP) is 3.86. The van der Waals surface area contributed by atoms with Gasteiger partial charge in [-0.25, -0.2) is 4.79 Å². The van der Waals surface area contributed by atoms with E-state index in [4.69, 9.17) is 9.15 Å². The molecule has 20 heavy (non-hydrogen) atoms. The number of benzene rings is 1.